The van der Waals surface area contributed by atoms with Gasteiger partial charge in [-0.2, -0.15) is 0 Å². The summed E-state index contributed by atoms with van der Waals surface area (Å²) in [6, 6.07) is 4.40. The Balaban J connectivity index is 1.51. The molecule has 0 N–H and O–H groups in total. The molecule has 2 aromatic rings. The van der Waals surface area contributed by atoms with Gasteiger partial charge in [-0.3, -0.25) is 0 Å². The van der Waals surface area contributed by atoms with Gasteiger partial charge in [-0.25, -0.2) is 0 Å². The van der Waals surface area contributed by atoms with Gasteiger partial charge in [0.1, 0.15) is 0 Å². The summed E-state index contributed by atoms with van der Waals surface area (Å²) in [6.07, 6.45) is 5.24. The van der Waals surface area contributed by atoms with Gasteiger partial charge in [0.05, 0.1) is 15.1 Å². The molecule has 2 heterocycles. The summed E-state index contributed by atoms with van der Waals surface area (Å²) >= 11 is 21.7. The summed E-state index contributed by atoms with van der Waals surface area (Å²) < 4.78 is 4.89. The summed E-state index contributed by atoms with van der Waals surface area (Å²) in [5.74, 6) is 2.41. The van der Waals surface area contributed by atoms with Crippen molar-refractivity contribution in [3.63, 3.8) is 0 Å². The number of thiophene rings is 2. The number of halogens is 4. The van der Waals surface area contributed by atoms with E-state index in [1.54, 1.807) is 22.7 Å². The highest BCUT2D eigenvalue weighted by atomic mass is 79.9. The van der Waals surface area contributed by atoms with E-state index >= 15 is 0 Å². The summed E-state index contributed by atoms with van der Waals surface area (Å²) in [4.78, 5) is 2.72. The van der Waals surface area contributed by atoms with E-state index in [4.69, 9.17) is 0 Å². The minimum absolute atomic E-state index is 1.20. The van der Waals surface area contributed by atoms with E-state index in [0.29, 0.717) is 0 Å². The quantitative estimate of drug-likeness (QED) is 0.200. The van der Waals surface area contributed by atoms with Gasteiger partial charge in [0.25, 0.3) is 0 Å². The lowest BCUT2D eigenvalue weighted by atomic mass is 10.2. The highest BCUT2D eigenvalue weighted by Crippen LogP contribution is 2.39. The highest BCUT2D eigenvalue weighted by molar-refractivity contribution is 9.12. The molecule has 0 atom stereocenters. The SMILES string of the molecule is Brc1cc(SCCCCCCSc2cc(Br)sc2Br)c(Br)s1. The Morgan fingerprint density at radius 2 is 1.09 bits per heavy atom. The molecule has 8 heteroatoms. The van der Waals surface area contributed by atoms with Crippen molar-refractivity contribution in [2.24, 2.45) is 0 Å². The third-order valence-corrected chi connectivity index (χ3v) is 10.5. The Morgan fingerprint density at radius 1 is 0.682 bits per heavy atom. The maximum atomic E-state index is 3.61. The molecule has 0 saturated carbocycles. The topological polar surface area (TPSA) is 0 Å². The molecule has 2 aromatic heterocycles. The van der Waals surface area contributed by atoms with E-state index < -0.39 is 0 Å². The molecule has 0 nitrogen and oxygen atoms in total. The minimum atomic E-state index is 1.20. The van der Waals surface area contributed by atoms with Crippen LogP contribution in [0.25, 0.3) is 0 Å². The zero-order valence-electron chi connectivity index (χ0n) is 11.5. The predicted molar refractivity (Wildman–Crippen MR) is 119 cm³/mol. The molecule has 0 aliphatic heterocycles. The van der Waals surface area contributed by atoms with Crippen molar-refractivity contribution in [2.45, 2.75) is 35.5 Å². The zero-order chi connectivity index (χ0) is 15.9. The van der Waals surface area contributed by atoms with Crippen LogP contribution in [0.15, 0.2) is 37.1 Å². The van der Waals surface area contributed by atoms with Crippen molar-refractivity contribution in [3.05, 3.63) is 27.3 Å². The van der Waals surface area contributed by atoms with Gasteiger partial charge < -0.3 is 0 Å². The van der Waals surface area contributed by atoms with Crippen molar-refractivity contribution in [1.82, 2.24) is 0 Å². The molecule has 2 rings (SSSR count). The molecule has 0 amide bonds. The summed E-state index contributed by atoms with van der Waals surface area (Å²) in [6.45, 7) is 0. The van der Waals surface area contributed by atoms with Crippen LogP contribution in [0.3, 0.4) is 0 Å². The van der Waals surface area contributed by atoms with Crippen LogP contribution in [-0.4, -0.2) is 11.5 Å². The van der Waals surface area contributed by atoms with Gasteiger partial charge in [0.15, 0.2) is 0 Å². The van der Waals surface area contributed by atoms with Gasteiger partial charge in [-0.05, 0) is 100 Å². The third kappa shape index (κ3) is 7.10. The summed E-state index contributed by atoms with van der Waals surface area (Å²) in [5.41, 5.74) is 0. The standard InChI is InChI=1S/C14H14Br4S4/c15-11-7-9(13(17)21-11)19-5-3-1-2-4-6-20-10-8-12(16)22-14(10)18/h7-8H,1-6H2. The second kappa shape index (κ2) is 10.9. The van der Waals surface area contributed by atoms with Gasteiger partial charge in [0, 0.05) is 9.79 Å². The van der Waals surface area contributed by atoms with Crippen LogP contribution >= 0.6 is 110 Å². The van der Waals surface area contributed by atoms with Gasteiger partial charge in [0.2, 0.25) is 0 Å². The Morgan fingerprint density at radius 3 is 1.41 bits per heavy atom. The molecule has 122 valence electrons. The van der Waals surface area contributed by atoms with Crippen LogP contribution < -0.4 is 0 Å². The van der Waals surface area contributed by atoms with Crippen molar-refractivity contribution < 1.29 is 0 Å². The number of hydrogen-bond acceptors (Lipinski definition) is 4. The fourth-order valence-electron chi connectivity index (χ4n) is 1.77. The fraction of sp³-hybridized carbons (Fsp3) is 0.429. The molecule has 0 aromatic carbocycles. The lowest BCUT2D eigenvalue weighted by Crippen LogP contribution is -1.84. The normalized spacial score (nSPS) is 11.3. The Hall–Kier alpha value is 2.02. The van der Waals surface area contributed by atoms with Gasteiger partial charge >= 0.3 is 0 Å². The first-order chi connectivity index (χ1) is 10.6. The summed E-state index contributed by atoms with van der Waals surface area (Å²) in [5, 5.41) is 0. The lowest BCUT2D eigenvalue weighted by molar-refractivity contribution is 0.711. The van der Waals surface area contributed by atoms with Crippen LogP contribution in [0, 0.1) is 0 Å². The average molecular weight is 630 g/mol. The van der Waals surface area contributed by atoms with E-state index in [-0.39, 0.29) is 0 Å². The molecule has 0 spiro atoms. The molecule has 0 bridgehead atoms. The maximum Gasteiger partial charge on any atom is 0.0846 e. The largest absolute Gasteiger partial charge is 0.124 e. The van der Waals surface area contributed by atoms with Crippen molar-refractivity contribution >= 4 is 110 Å². The first kappa shape index (κ1) is 20.3. The number of thioether (sulfide) groups is 2. The number of rotatable bonds is 9. The van der Waals surface area contributed by atoms with Crippen molar-refractivity contribution in [3.8, 4) is 0 Å². The molecule has 0 radical (unpaired) electrons. The molecular weight excluding hydrogens is 616 g/mol. The van der Waals surface area contributed by atoms with E-state index in [9.17, 15) is 0 Å². The molecular formula is C14H14Br4S4. The Kier molecular flexibility index (Phi) is 10.1. The van der Waals surface area contributed by atoms with Gasteiger partial charge in [-0.1, -0.05) is 12.8 Å². The van der Waals surface area contributed by atoms with E-state index in [1.807, 2.05) is 23.5 Å². The van der Waals surface area contributed by atoms with Crippen LogP contribution in [0.5, 0.6) is 0 Å². The molecule has 0 fully saturated rings. The first-order valence-electron chi connectivity index (χ1n) is 6.71. The van der Waals surface area contributed by atoms with Gasteiger partial charge in [-0.15, -0.1) is 46.2 Å². The highest BCUT2D eigenvalue weighted by Gasteiger charge is 2.06. The van der Waals surface area contributed by atoms with Crippen molar-refractivity contribution in [1.29, 1.82) is 0 Å². The van der Waals surface area contributed by atoms with Crippen LogP contribution in [0.4, 0.5) is 0 Å². The van der Waals surface area contributed by atoms with E-state index in [0.717, 1.165) is 0 Å². The molecule has 0 aliphatic rings. The van der Waals surface area contributed by atoms with Crippen molar-refractivity contribution in [2.75, 3.05) is 11.5 Å². The number of unbranched alkanes of at least 4 members (excludes halogenated alkanes) is 3. The van der Waals surface area contributed by atoms with E-state index in [2.05, 4.69) is 75.9 Å². The lowest BCUT2D eigenvalue weighted by Gasteiger charge is -2.02. The maximum absolute atomic E-state index is 3.61. The second-order valence-corrected chi connectivity index (χ2v) is 14.3. The minimum Gasteiger partial charge on any atom is -0.124 e. The first-order valence-corrected chi connectivity index (χ1v) is 13.5. The monoisotopic (exact) mass is 626 g/mol. The third-order valence-electron chi connectivity index (χ3n) is 2.80. The fourth-order valence-corrected chi connectivity index (χ4v) is 10.3. The van der Waals surface area contributed by atoms with Crippen LogP contribution in [-0.2, 0) is 0 Å². The Labute approximate surface area is 182 Å². The molecule has 0 aliphatic carbocycles. The van der Waals surface area contributed by atoms with Crippen LogP contribution in [0.1, 0.15) is 25.7 Å². The van der Waals surface area contributed by atoms with E-state index in [1.165, 1.54) is 62.1 Å². The second-order valence-electron chi connectivity index (χ2n) is 4.49. The molecule has 0 saturated heterocycles. The molecule has 0 unspecified atom stereocenters. The number of hydrogen-bond donors (Lipinski definition) is 0. The zero-order valence-corrected chi connectivity index (χ0v) is 21.2. The predicted octanol–water partition coefficient (Wildman–Crippen LogP) is 9.30. The smallest absolute Gasteiger partial charge is 0.0846 e. The Bertz CT molecular complexity index is 541. The summed E-state index contributed by atoms with van der Waals surface area (Å²) in [7, 11) is 0. The van der Waals surface area contributed by atoms with Crippen LogP contribution in [0.2, 0.25) is 0 Å². The molecule has 22 heavy (non-hydrogen) atoms. The average Bonchev–Trinajstić information content (AvgIpc) is 2.94.